The van der Waals surface area contributed by atoms with E-state index in [1.54, 1.807) is 0 Å². The van der Waals surface area contributed by atoms with Crippen LogP contribution in [0.1, 0.15) is 70.6 Å². The Kier molecular flexibility index (Phi) is 8.82. The van der Waals surface area contributed by atoms with Crippen LogP contribution in [0.15, 0.2) is 133 Å². The van der Waals surface area contributed by atoms with Gasteiger partial charge in [0.05, 0.1) is 10.5 Å². The maximum atomic E-state index is 2.52. The second-order valence-electron chi connectivity index (χ2n) is 12.4. The van der Waals surface area contributed by atoms with Crippen LogP contribution in [-0.4, -0.2) is 10.5 Å². The van der Waals surface area contributed by atoms with Crippen molar-refractivity contribution in [1.29, 1.82) is 0 Å². The number of fused-ring (bicyclic) bond motifs is 4. The molecule has 2 atom stereocenters. The molecule has 0 nitrogen and oxygen atoms in total. The van der Waals surface area contributed by atoms with E-state index >= 15 is 0 Å². The first-order valence-corrected chi connectivity index (χ1v) is 17.9. The van der Waals surface area contributed by atoms with Crippen LogP contribution in [0.2, 0.25) is 0 Å². The van der Waals surface area contributed by atoms with E-state index in [1.165, 1.54) is 67.8 Å². The normalized spacial score (nSPS) is 17.2. The van der Waals surface area contributed by atoms with E-state index in [2.05, 4.69) is 171 Å². The molecule has 7 rings (SSSR count). The molecule has 0 saturated carbocycles. The van der Waals surface area contributed by atoms with Gasteiger partial charge in [0.25, 0.3) is 0 Å². The minimum absolute atomic E-state index is 0.316. The fourth-order valence-electron chi connectivity index (χ4n) is 6.72. The molecule has 0 aliphatic heterocycles. The number of rotatable bonds is 10. The Hall–Kier alpha value is -3.46. The molecule has 0 radical (unpaired) electrons. The average molecular weight is 609 g/mol. The summed E-state index contributed by atoms with van der Waals surface area (Å²) < 4.78 is 0. The molecule has 0 aromatic heterocycles. The van der Waals surface area contributed by atoms with Crippen molar-refractivity contribution in [2.75, 3.05) is 0 Å². The van der Waals surface area contributed by atoms with Gasteiger partial charge in [-0.15, -0.1) is 23.5 Å². The number of benzene rings is 6. The Bertz CT molecular complexity index is 1640. The van der Waals surface area contributed by atoms with Crippen LogP contribution in [0, 0.1) is 0 Å². The van der Waals surface area contributed by atoms with Crippen LogP contribution < -0.4 is 0 Å². The van der Waals surface area contributed by atoms with Crippen LogP contribution in [0.4, 0.5) is 0 Å². The van der Waals surface area contributed by atoms with Crippen LogP contribution >= 0.6 is 23.5 Å². The van der Waals surface area contributed by atoms with Gasteiger partial charge < -0.3 is 0 Å². The molecule has 0 fully saturated rings. The zero-order chi connectivity index (χ0) is 29.9. The molecule has 1 aliphatic rings. The van der Waals surface area contributed by atoms with Gasteiger partial charge in [-0.2, -0.15) is 0 Å². The van der Waals surface area contributed by atoms with Gasteiger partial charge in [-0.05, 0) is 105 Å². The second kappa shape index (κ2) is 13.3. The monoisotopic (exact) mass is 608 g/mol. The highest BCUT2D eigenvalue weighted by atomic mass is 32.2. The highest BCUT2D eigenvalue weighted by Gasteiger charge is 2.35. The molecular weight excluding hydrogens is 569 g/mol. The third-order valence-corrected chi connectivity index (χ3v) is 12.1. The molecule has 6 aromatic carbocycles. The van der Waals surface area contributed by atoms with Crippen LogP contribution in [0.25, 0.3) is 21.5 Å². The highest BCUT2D eigenvalue weighted by Crippen LogP contribution is 2.55. The number of thioether (sulfide) groups is 2. The molecule has 0 N–H and O–H groups in total. The topological polar surface area (TPSA) is 0 Å². The summed E-state index contributed by atoms with van der Waals surface area (Å²) in [7, 11) is 0. The first kappa shape index (κ1) is 29.3. The minimum Gasteiger partial charge on any atom is -0.146 e. The molecule has 220 valence electrons. The number of hydrogen-bond acceptors (Lipinski definition) is 2. The van der Waals surface area contributed by atoms with Crippen molar-refractivity contribution in [1.82, 2.24) is 0 Å². The van der Waals surface area contributed by atoms with E-state index in [1.807, 2.05) is 0 Å². The van der Waals surface area contributed by atoms with Gasteiger partial charge in [-0.1, -0.05) is 123 Å². The Morgan fingerprint density at radius 1 is 0.432 bits per heavy atom. The van der Waals surface area contributed by atoms with Crippen LogP contribution in [-0.2, 0) is 12.8 Å². The third kappa shape index (κ3) is 6.34. The first-order valence-electron chi connectivity index (χ1n) is 16.1. The Labute approximate surface area is 271 Å². The molecule has 1 aliphatic carbocycles. The predicted molar refractivity (Wildman–Crippen MR) is 195 cm³/mol. The van der Waals surface area contributed by atoms with E-state index in [-0.39, 0.29) is 0 Å². The fourth-order valence-corrected chi connectivity index (χ4v) is 9.56. The van der Waals surface area contributed by atoms with Crippen molar-refractivity contribution in [2.45, 2.75) is 60.5 Å². The summed E-state index contributed by atoms with van der Waals surface area (Å²) in [4.78, 5) is 0. The van der Waals surface area contributed by atoms with Gasteiger partial charge in [0.1, 0.15) is 0 Å². The molecule has 0 heterocycles. The van der Waals surface area contributed by atoms with Crippen molar-refractivity contribution in [3.63, 3.8) is 0 Å². The lowest BCUT2D eigenvalue weighted by Gasteiger charge is -2.36. The summed E-state index contributed by atoms with van der Waals surface area (Å²) in [5.74, 6) is 0. The lowest BCUT2D eigenvalue weighted by atomic mass is 9.82. The van der Waals surface area contributed by atoms with Crippen molar-refractivity contribution < 1.29 is 0 Å². The van der Waals surface area contributed by atoms with E-state index in [0.717, 1.165) is 12.8 Å². The molecule has 0 saturated heterocycles. The summed E-state index contributed by atoms with van der Waals surface area (Å²) >= 11 is 4.32. The largest absolute Gasteiger partial charge is 0.146 e. The summed E-state index contributed by atoms with van der Waals surface area (Å²) in [6, 6.07) is 49.9. The van der Waals surface area contributed by atoms with Crippen molar-refractivity contribution in [2.24, 2.45) is 0 Å². The Balaban J connectivity index is 1.28. The maximum absolute atomic E-state index is 2.52. The summed E-state index contributed by atoms with van der Waals surface area (Å²) in [6.45, 7) is 4.86. The molecular formula is C42H40S2. The van der Waals surface area contributed by atoms with E-state index in [0.29, 0.717) is 21.0 Å². The van der Waals surface area contributed by atoms with Crippen molar-refractivity contribution in [3.05, 3.63) is 167 Å². The Morgan fingerprint density at radius 2 is 0.727 bits per heavy atom. The smallest absolute Gasteiger partial charge is 0.0556 e. The van der Waals surface area contributed by atoms with Gasteiger partial charge in [-0.25, -0.2) is 0 Å². The molecule has 6 aromatic rings. The summed E-state index contributed by atoms with van der Waals surface area (Å²) in [5, 5.41) is 7.09. The fraction of sp³-hybridized carbons (Fsp3) is 0.238. The second-order valence-corrected chi connectivity index (χ2v) is 15.5. The minimum atomic E-state index is 0.316. The quantitative estimate of drug-likeness (QED) is 0.152. The molecule has 2 heteroatoms. The molecule has 44 heavy (non-hydrogen) atoms. The summed E-state index contributed by atoms with van der Waals surface area (Å²) in [6.07, 6.45) is 4.58. The zero-order valence-corrected chi connectivity index (χ0v) is 27.3. The van der Waals surface area contributed by atoms with Gasteiger partial charge in [0.15, 0.2) is 0 Å². The molecule has 0 bridgehead atoms. The number of aryl methyl sites for hydroxylation is 2. The Morgan fingerprint density at radius 3 is 1.05 bits per heavy atom. The van der Waals surface area contributed by atoms with Crippen LogP contribution in [0.5, 0.6) is 0 Å². The van der Waals surface area contributed by atoms with Gasteiger partial charge >= 0.3 is 0 Å². The lowest BCUT2D eigenvalue weighted by Crippen LogP contribution is -2.19. The van der Waals surface area contributed by atoms with E-state index < -0.39 is 0 Å². The van der Waals surface area contributed by atoms with Crippen molar-refractivity contribution in [3.8, 4) is 0 Å². The van der Waals surface area contributed by atoms with Crippen LogP contribution in [0.3, 0.4) is 0 Å². The standard InChI is InChI=1S/C42H40S2/c1-29(21-23-31-13-5-3-6-14-31)43-41-37-25-33-17-9-11-19-35(33)27-39(37)42(44-30(2)22-24-32-15-7-4-8-16-32)40-28-36-20-12-10-18-34(36)26-38(40)41/h3-20,25-30,41-42H,21-24H2,1-2H3. The summed E-state index contributed by atoms with van der Waals surface area (Å²) in [5.41, 5.74) is 8.91. The van der Waals surface area contributed by atoms with E-state index in [4.69, 9.17) is 0 Å². The molecule has 0 amide bonds. The average Bonchev–Trinajstić information content (AvgIpc) is 3.07. The SMILES string of the molecule is CC(CCc1ccccc1)SC1c2cc3ccccc3cc2C(SC(C)CCc2ccccc2)c2cc3ccccc3cc21. The zero-order valence-electron chi connectivity index (χ0n) is 25.7. The molecule has 2 unspecified atom stereocenters. The number of hydrogen-bond donors (Lipinski definition) is 0. The van der Waals surface area contributed by atoms with Gasteiger partial charge in [0.2, 0.25) is 0 Å². The van der Waals surface area contributed by atoms with Gasteiger partial charge in [-0.3, -0.25) is 0 Å². The lowest BCUT2D eigenvalue weighted by molar-refractivity contribution is 0.802. The maximum Gasteiger partial charge on any atom is 0.0556 e. The van der Waals surface area contributed by atoms with Gasteiger partial charge in [0, 0.05) is 10.5 Å². The van der Waals surface area contributed by atoms with E-state index in [9.17, 15) is 0 Å². The highest BCUT2D eigenvalue weighted by molar-refractivity contribution is 8.00. The molecule has 0 spiro atoms. The van der Waals surface area contributed by atoms with Crippen molar-refractivity contribution >= 4 is 45.1 Å². The first-order chi connectivity index (χ1) is 21.6. The predicted octanol–water partition coefficient (Wildman–Crippen LogP) is 12.0. The third-order valence-electron chi connectivity index (χ3n) is 9.13.